The molecule has 0 bridgehead atoms. The number of carbonyl (C=O) groups excluding carboxylic acids is 2. The first-order chi connectivity index (χ1) is 18.1. The van der Waals surface area contributed by atoms with Gasteiger partial charge in [0.15, 0.2) is 0 Å². The third-order valence-electron chi connectivity index (χ3n) is 7.77. The fourth-order valence-electron chi connectivity index (χ4n) is 5.66. The van der Waals surface area contributed by atoms with E-state index in [1.165, 1.54) is 25.9 Å². The lowest BCUT2D eigenvalue weighted by molar-refractivity contribution is -0.0378. The van der Waals surface area contributed by atoms with Crippen LogP contribution in [0.25, 0.3) is 11.1 Å². The van der Waals surface area contributed by atoms with Crippen molar-refractivity contribution in [1.82, 2.24) is 9.80 Å². The van der Waals surface area contributed by atoms with Crippen LogP contribution in [0.2, 0.25) is 0 Å². The molecule has 2 N–H and O–H groups in total. The Bertz CT molecular complexity index is 1310. The highest BCUT2D eigenvalue weighted by Crippen LogP contribution is 2.37. The molecule has 190 valence electrons. The highest BCUT2D eigenvalue weighted by atomic mass is 16.7. The summed E-state index contributed by atoms with van der Waals surface area (Å²) in [6, 6.07) is 21.0. The van der Waals surface area contributed by atoms with Crippen LogP contribution < -0.4 is 10.5 Å². The number of cyclic esters (lactones) is 1. The van der Waals surface area contributed by atoms with Crippen molar-refractivity contribution in [3.8, 4) is 16.9 Å². The zero-order valence-electron chi connectivity index (χ0n) is 20.8. The van der Waals surface area contributed by atoms with E-state index in [1.807, 2.05) is 53.4 Å². The normalized spacial score (nSPS) is 20.1. The van der Waals surface area contributed by atoms with Crippen LogP contribution in [0.1, 0.15) is 58.3 Å². The highest BCUT2D eigenvalue weighted by molar-refractivity contribution is 5.95. The Balaban J connectivity index is 1.13. The number of carbonyl (C=O) groups is 2. The van der Waals surface area contributed by atoms with Gasteiger partial charge in [0.1, 0.15) is 5.75 Å². The van der Waals surface area contributed by atoms with Gasteiger partial charge in [-0.15, -0.1) is 0 Å². The maximum atomic E-state index is 13.1. The van der Waals surface area contributed by atoms with E-state index in [0.29, 0.717) is 34.2 Å². The second-order valence-electron chi connectivity index (χ2n) is 10.0. The molecule has 0 saturated carbocycles. The van der Waals surface area contributed by atoms with Gasteiger partial charge in [-0.05, 0) is 80.2 Å². The van der Waals surface area contributed by atoms with Gasteiger partial charge in [0.2, 0.25) is 0 Å². The Hall–Kier alpha value is -3.84. The average molecular weight is 498 g/mol. The molecule has 3 heterocycles. The summed E-state index contributed by atoms with van der Waals surface area (Å²) in [6.45, 7) is 4.04. The largest absolute Gasteiger partial charge is 0.448 e. The topological polar surface area (TPSA) is 85.1 Å². The molecule has 6 rings (SSSR count). The van der Waals surface area contributed by atoms with Crippen LogP contribution >= 0.6 is 0 Å². The molecule has 3 aliphatic heterocycles. The fraction of sp³-hybridized carbons (Fsp3) is 0.333. The standard InChI is InChI=1S/C30H31N3O4/c31-26-12-11-22(19-27(26)36-30-25-6-2-1-5-24(25)29(35)37-30)20-7-9-21(10-8-20)28(34)33-17-13-23(14-18-33)32-15-3-4-16-32/h1-2,5-12,19,23,30H,3-4,13-18,31H2. The number of benzene rings is 3. The van der Waals surface area contributed by atoms with Crippen molar-refractivity contribution < 1.29 is 19.1 Å². The lowest BCUT2D eigenvalue weighted by Gasteiger charge is -2.36. The number of hydrogen-bond donors (Lipinski definition) is 1. The monoisotopic (exact) mass is 497 g/mol. The van der Waals surface area contributed by atoms with Gasteiger partial charge in [-0.2, -0.15) is 0 Å². The minimum Gasteiger partial charge on any atom is -0.448 e. The number of esters is 1. The molecule has 3 aliphatic rings. The number of likely N-dealkylation sites (tertiary alicyclic amines) is 2. The molecular formula is C30H31N3O4. The van der Waals surface area contributed by atoms with Gasteiger partial charge in [0.25, 0.3) is 12.2 Å². The SMILES string of the molecule is Nc1ccc(-c2ccc(C(=O)N3CCC(N4CCCC4)CC3)cc2)cc1OC1OC(=O)c2ccccc21. The van der Waals surface area contributed by atoms with E-state index < -0.39 is 12.3 Å². The third-order valence-corrected chi connectivity index (χ3v) is 7.77. The number of nitrogens with zero attached hydrogens (tertiary/aromatic N) is 2. The molecule has 37 heavy (non-hydrogen) atoms. The van der Waals surface area contributed by atoms with Gasteiger partial charge < -0.3 is 25.0 Å². The van der Waals surface area contributed by atoms with E-state index >= 15 is 0 Å². The second kappa shape index (κ2) is 9.90. The number of rotatable bonds is 5. The molecule has 1 unspecified atom stereocenters. The number of piperidine rings is 1. The van der Waals surface area contributed by atoms with E-state index in [0.717, 1.165) is 37.1 Å². The predicted octanol–water partition coefficient (Wildman–Crippen LogP) is 4.88. The molecule has 0 radical (unpaired) electrons. The molecule has 3 aromatic rings. The van der Waals surface area contributed by atoms with Crippen molar-refractivity contribution in [3.63, 3.8) is 0 Å². The van der Waals surface area contributed by atoms with Crippen LogP contribution in [0.5, 0.6) is 5.75 Å². The lowest BCUT2D eigenvalue weighted by Crippen LogP contribution is -2.45. The third kappa shape index (κ3) is 4.67. The van der Waals surface area contributed by atoms with Crippen LogP contribution in [0, 0.1) is 0 Å². The summed E-state index contributed by atoms with van der Waals surface area (Å²) >= 11 is 0. The first kappa shape index (κ1) is 23.6. The Labute approximate surface area is 216 Å². The minimum atomic E-state index is -0.837. The summed E-state index contributed by atoms with van der Waals surface area (Å²) in [4.78, 5) is 29.9. The van der Waals surface area contributed by atoms with E-state index in [-0.39, 0.29) is 5.91 Å². The van der Waals surface area contributed by atoms with E-state index in [9.17, 15) is 9.59 Å². The number of anilines is 1. The van der Waals surface area contributed by atoms with Crippen molar-refractivity contribution in [2.45, 2.75) is 38.0 Å². The molecule has 0 spiro atoms. The quantitative estimate of drug-likeness (QED) is 0.399. The van der Waals surface area contributed by atoms with Crippen LogP contribution in [0.3, 0.4) is 0 Å². The van der Waals surface area contributed by atoms with Gasteiger partial charge >= 0.3 is 5.97 Å². The van der Waals surface area contributed by atoms with Crippen LogP contribution in [-0.2, 0) is 4.74 Å². The smallest absolute Gasteiger partial charge is 0.342 e. The van der Waals surface area contributed by atoms with Gasteiger partial charge in [-0.3, -0.25) is 4.79 Å². The number of fused-ring (bicyclic) bond motifs is 1. The second-order valence-corrected chi connectivity index (χ2v) is 10.0. The molecule has 0 aromatic heterocycles. The summed E-state index contributed by atoms with van der Waals surface area (Å²) in [5.41, 5.74) is 10.4. The van der Waals surface area contributed by atoms with Gasteiger partial charge in [-0.1, -0.05) is 36.4 Å². The number of hydrogen-bond acceptors (Lipinski definition) is 6. The minimum absolute atomic E-state index is 0.0921. The molecule has 7 nitrogen and oxygen atoms in total. The van der Waals surface area contributed by atoms with Crippen molar-refractivity contribution in [3.05, 3.63) is 83.4 Å². The summed E-state index contributed by atoms with van der Waals surface area (Å²) in [5, 5.41) is 0. The molecule has 1 atom stereocenters. The highest BCUT2D eigenvalue weighted by Gasteiger charge is 2.33. The maximum absolute atomic E-state index is 13.1. The zero-order valence-corrected chi connectivity index (χ0v) is 20.8. The Morgan fingerprint density at radius 1 is 0.892 bits per heavy atom. The number of ether oxygens (including phenoxy) is 2. The first-order valence-corrected chi connectivity index (χ1v) is 13.1. The lowest BCUT2D eigenvalue weighted by atomic mass is 10.0. The molecule has 2 saturated heterocycles. The van der Waals surface area contributed by atoms with Gasteiger partial charge in [-0.25, -0.2) is 4.79 Å². The summed E-state index contributed by atoms with van der Waals surface area (Å²) < 4.78 is 11.4. The van der Waals surface area contributed by atoms with Crippen LogP contribution in [0.4, 0.5) is 5.69 Å². The molecular weight excluding hydrogens is 466 g/mol. The Morgan fingerprint density at radius 2 is 1.59 bits per heavy atom. The number of nitrogens with two attached hydrogens (primary N) is 1. The molecule has 2 fully saturated rings. The van der Waals surface area contributed by atoms with E-state index in [1.54, 1.807) is 18.2 Å². The fourth-order valence-corrected chi connectivity index (χ4v) is 5.66. The van der Waals surface area contributed by atoms with Crippen molar-refractivity contribution in [2.75, 3.05) is 31.9 Å². The predicted molar refractivity (Wildman–Crippen MR) is 141 cm³/mol. The molecule has 0 aliphatic carbocycles. The summed E-state index contributed by atoms with van der Waals surface area (Å²) in [7, 11) is 0. The number of nitrogen functional groups attached to an aromatic ring is 1. The van der Waals surface area contributed by atoms with Crippen molar-refractivity contribution in [1.29, 1.82) is 0 Å². The summed E-state index contributed by atoms with van der Waals surface area (Å²) in [5.74, 6) is 0.123. The van der Waals surface area contributed by atoms with Crippen LogP contribution in [-0.4, -0.2) is 53.9 Å². The Kier molecular flexibility index (Phi) is 6.30. The van der Waals surface area contributed by atoms with Crippen molar-refractivity contribution >= 4 is 17.6 Å². The van der Waals surface area contributed by atoms with Crippen molar-refractivity contribution in [2.24, 2.45) is 0 Å². The van der Waals surface area contributed by atoms with E-state index in [4.69, 9.17) is 15.2 Å². The van der Waals surface area contributed by atoms with Gasteiger partial charge in [0.05, 0.1) is 11.3 Å². The summed E-state index contributed by atoms with van der Waals surface area (Å²) in [6.07, 6.45) is 3.87. The van der Waals surface area contributed by atoms with Crippen LogP contribution in [0.15, 0.2) is 66.7 Å². The zero-order chi connectivity index (χ0) is 25.4. The Morgan fingerprint density at radius 3 is 2.35 bits per heavy atom. The van der Waals surface area contributed by atoms with Gasteiger partial charge in [0, 0.05) is 30.3 Å². The molecule has 1 amide bonds. The average Bonchev–Trinajstić information content (AvgIpc) is 3.59. The first-order valence-electron chi connectivity index (χ1n) is 13.1. The number of amides is 1. The van der Waals surface area contributed by atoms with E-state index in [2.05, 4.69) is 4.90 Å². The maximum Gasteiger partial charge on any atom is 0.342 e. The molecule has 3 aromatic carbocycles. The molecule has 7 heteroatoms.